The number of hydrogen-bond acceptors (Lipinski definition) is 1. The summed E-state index contributed by atoms with van der Waals surface area (Å²) in [5, 5.41) is 0. The van der Waals surface area contributed by atoms with E-state index in [1.165, 1.54) is 6.26 Å². The lowest BCUT2D eigenvalue weighted by atomic mass is 10.1. The summed E-state index contributed by atoms with van der Waals surface area (Å²) in [6, 6.07) is 7.29. The smallest absolute Gasteiger partial charge is 0.113 e. The molecule has 1 heterocycles. The molecule has 0 spiro atoms. The van der Waals surface area contributed by atoms with Gasteiger partial charge in [0.1, 0.15) is 6.56 Å². The Kier molecular flexibility index (Phi) is 0.831. The third kappa shape index (κ3) is 0.798. The average Bonchev–Trinajstić information content (AvgIpc) is 2.04. The quantitative estimate of drug-likeness (QED) is 0.528. The van der Waals surface area contributed by atoms with Crippen molar-refractivity contribution >= 4 is 6.08 Å². The molecule has 1 aromatic rings. The summed E-state index contributed by atoms with van der Waals surface area (Å²) in [5.74, 6) is 0. The summed E-state index contributed by atoms with van der Waals surface area (Å²) in [6.45, 7) is -1.68. The van der Waals surface area contributed by atoms with Crippen molar-refractivity contribution in [3.63, 3.8) is 0 Å². The molecule has 0 aromatic heterocycles. The molecule has 1 aliphatic heterocycles. The minimum absolute atomic E-state index is 0.590. The van der Waals surface area contributed by atoms with Crippen molar-refractivity contribution in [2.24, 2.45) is 0 Å². The predicted octanol–water partition coefficient (Wildman–Crippen LogP) is 2.19. The van der Waals surface area contributed by atoms with Crippen LogP contribution in [0.5, 0.6) is 0 Å². The molecule has 1 aliphatic rings. The maximum absolute atomic E-state index is 7.50. The van der Waals surface area contributed by atoms with Crippen LogP contribution in [0.1, 0.15) is 13.9 Å². The molecule has 0 saturated heterocycles. The Morgan fingerprint density at radius 1 is 1.40 bits per heavy atom. The zero-order valence-corrected chi connectivity index (χ0v) is 5.37. The molecule has 0 amide bonds. The van der Waals surface area contributed by atoms with E-state index in [9.17, 15) is 0 Å². The van der Waals surface area contributed by atoms with E-state index >= 15 is 0 Å². The molecule has 0 N–H and O–H groups in total. The highest BCUT2D eigenvalue weighted by molar-refractivity contribution is 5.53. The number of hydrogen-bond donors (Lipinski definition) is 0. The van der Waals surface area contributed by atoms with Crippen LogP contribution in [-0.4, -0.2) is 0 Å². The molecule has 0 saturated carbocycles. The van der Waals surface area contributed by atoms with Gasteiger partial charge in [-0.3, -0.25) is 0 Å². The van der Waals surface area contributed by atoms with Gasteiger partial charge in [-0.25, -0.2) is 0 Å². The fraction of sp³-hybridized carbons (Fsp3) is 0.111. The van der Waals surface area contributed by atoms with Crippen molar-refractivity contribution in [2.45, 2.75) is 6.56 Å². The van der Waals surface area contributed by atoms with E-state index in [-0.39, 0.29) is 0 Å². The largest absolute Gasteiger partial charge is 0.496 e. The third-order valence-corrected chi connectivity index (χ3v) is 1.45. The first-order valence-electron chi connectivity index (χ1n) is 4.14. The third-order valence-electron chi connectivity index (χ3n) is 1.45. The Morgan fingerprint density at radius 3 is 3.20 bits per heavy atom. The fourth-order valence-corrected chi connectivity index (χ4v) is 0.940. The lowest BCUT2D eigenvalue weighted by Gasteiger charge is -2.09. The highest BCUT2D eigenvalue weighted by Crippen LogP contribution is 2.15. The van der Waals surface area contributed by atoms with Gasteiger partial charge in [-0.05, 0) is 17.2 Å². The molecule has 1 heteroatoms. The molecular weight excluding hydrogens is 124 g/mol. The first-order valence-corrected chi connectivity index (χ1v) is 3.14. The average molecular weight is 134 g/mol. The maximum atomic E-state index is 7.50. The van der Waals surface area contributed by atoms with E-state index in [1.807, 2.05) is 12.1 Å². The Hall–Kier alpha value is -1.24. The summed E-state index contributed by atoms with van der Waals surface area (Å²) >= 11 is 0. The standard InChI is InChI=1S/C9H8O/c1-2-4-9-7-10-6-5-8(9)3-1/h1-6H,7H2/i7D2. The normalized spacial score (nSPS) is 22.0. The molecule has 0 atom stereocenters. The summed E-state index contributed by atoms with van der Waals surface area (Å²) in [7, 11) is 0. The molecule has 0 radical (unpaired) electrons. The molecule has 2 rings (SSSR count). The van der Waals surface area contributed by atoms with Gasteiger partial charge < -0.3 is 4.74 Å². The Morgan fingerprint density at radius 2 is 2.30 bits per heavy atom. The number of benzene rings is 1. The van der Waals surface area contributed by atoms with Gasteiger partial charge in [0.15, 0.2) is 0 Å². The van der Waals surface area contributed by atoms with Crippen LogP contribution < -0.4 is 0 Å². The van der Waals surface area contributed by atoms with Gasteiger partial charge in [0.2, 0.25) is 0 Å². The second-order valence-corrected chi connectivity index (χ2v) is 2.11. The van der Waals surface area contributed by atoms with Gasteiger partial charge in [-0.1, -0.05) is 24.3 Å². The van der Waals surface area contributed by atoms with Crippen molar-refractivity contribution in [3.8, 4) is 0 Å². The molecule has 10 heavy (non-hydrogen) atoms. The van der Waals surface area contributed by atoms with Gasteiger partial charge in [0.05, 0.1) is 9.00 Å². The zero-order chi connectivity index (χ0) is 8.60. The van der Waals surface area contributed by atoms with Crippen molar-refractivity contribution in [1.82, 2.24) is 0 Å². The van der Waals surface area contributed by atoms with Crippen LogP contribution in [0.15, 0.2) is 30.5 Å². The fourth-order valence-electron chi connectivity index (χ4n) is 0.940. The molecule has 0 fully saturated rings. The van der Waals surface area contributed by atoms with Crippen LogP contribution in [0.4, 0.5) is 0 Å². The van der Waals surface area contributed by atoms with Crippen LogP contribution in [0.2, 0.25) is 0 Å². The summed E-state index contributed by atoms with van der Waals surface area (Å²) in [5.41, 5.74) is 1.47. The van der Waals surface area contributed by atoms with Gasteiger partial charge >= 0.3 is 0 Å². The Balaban J connectivity index is 2.60. The van der Waals surface area contributed by atoms with Crippen LogP contribution in [0.25, 0.3) is 6.08 Å². The van der Waals surface area contributed by atoms with Gasteiger partial charge in [-0.15, -0.1) is 0 Å². The van der Waals surface area contributed by atoms with Crippen molar-refractivity contribution in [2.75, 3.05) is 0 Å². The van der Waals surface area contributed by atoms with E-state index in [4.69, 9.17) is 7.48 Å². The lowest BCUT2D eigenvalue weighted by Crippen LogP contribution is -1.94. The second kappa shape index (κ2) is 2.18. The monoisotopic (exact) mass is 134 g/mol. The van der Waals surface area contributed by atoms with E-state index < -0.39 is 6.56 Å². The molecule has 0 aliphatic carbocycles. The highest BCUT2D eigenvalue weighted by atomic mass is 16.5. The second-order valence-electron chi connectivity index (χ2n) is 2.11. The van der Waals surface area contributed by atoms with E-state index in [0.29, 0.717) is 5.56 Å². The predicted molar refractivity (Wildman–Crippen MR) is 40.3 cm³/mol. The molecule has 1 nitrogen and oxygen atoms in total. The Labute approximate surface area is 62.8 Å². The van der Waals surface area contributed by atoms with Crippen LogP contribution >= 0.6 is 0 Å². The van der Waals surface area contributed by atoms with Crippen LogP contribution in [-0.2, 0) is 11.3 Å². The Bertz CT molecular complexity index is 331. The molecule has 50 valence electrons. The van der Waals surface area contributed by atoms with E-state index in [0.717, 1.165) is 5.56 Å². The highest BCUT2D eigenvalue weighted by Gasteiger charge is 2.00. The SMILES string of the molecule is [2H]C1([2H])OC=Cc2ccccc21. The van der Waals surface area contributed by atoms with Gasteiger partial charge in [0.25, 0.3) is 0 Å². The van der Waals surface area contributed by atoms with Crippen molar-refractivity contribution in [1.29, 1.82) is 0 Å². The van der Waals surface area contributed by atoms with Gasteiger partial charge in [-0.2, -0.15) is 0 Å². The van der Waals surface area contributed by atoms with E-state index in [2.05, 4.69) is 0 Å². The molecule has 0 unspecified atom stereocenters. The first kappa shape index (κ1) is 3.81. The summed E-state index contributed by atoms with van der Waals surface area (Å²) < 4.78 is 19.8. The number of fused-ring (bicyclic) bond motifs is 1. The lowest BCUT2D eigenvalue weighted by molar-refractivity contribution is 0.234. The van der Waals surface area contributed by atoms with Crippen LogP contribution in [0, 0.1) is 0 Å². The van der Waals surface area contributed by atoms with Crippen LogP contribution in [0.3, 0.4) is 0 Å². The molecular formula is C9H8O. The summed E-state index contributed by atoms with van der Waals surface area (Å²) in [6.07, 6.45) is 3.15. The minimum Gasteiger partial charge on any atom is -0.496 e. The number of rotatable bonds is 0. The van der Waals surface area contributed by atoms with Crippen molar-refractivity contribution < 1.29 is 7.48 Å². The molecule has 0 bridgehead atoms. The zero-order valence-electron chi connectivity index (χ0n) is 7.37. The number of ether oxygens (including phenoxy) is 1. The maximum Gasteiger partial charge on any atom is 0.113 e. The van der Waals surface area contributed by atoms with Gasteiger partial charge in [0, 0.05) is 0 Å². The first-order chi connectivity index (χ1) is 5.70. The molecule has 1 aromatic carbocycles. The summed E-state index contributed by atoms with van der Waals surface area (Å²) in [4.78, 5) is 0. The van der Waals surface area contributed by atoms with E-state index in [1.54, 1.807) is 18.2 Å². The minimum atomic E-state index is -1.68. The van der Waals surface area contributed by atoms with Crippen molar-refractivity contribution in [3.05, 3.63) is 41.7 Å². The topological polar surface area (TPSA) is 9.23 Å².